The van der Waals surface area contributed by atoms with Crippen LogP contribution in [-0.4, -0.2) is 11.8 Å². The van der Waals surface area contributed by atoms with Crippen LogP contribution in [0.5, 0.6) is 0 Å². The molecule has 1 heteroatoms. The van der Waals surface area contributed by atoms with E-state index < -0.39 is 0 Å². The normalized spacial score (nSPS) is 15.6. The topological polar surface area (TPSA) is 12.4 Å². The zero-order valence-corrected chi connectivity index (χ0v) is 10.8. The van der Waals surface area contributed by atoms with Crippen LogP contribution >= 0.6 is 0 Å². The summed E-state index contributed by atoms with van der Waals surface area (Å²) in [5.41, 5.74) is 3.86. The Morgan fingerprint density at radius 2 is 1.94 bits per heavy atom. The van der Waals surface area contributed by atoms with E-state index in [1.807, 2.05) is 6.21 Å². The molecule has 1 nitrogen and oxygen atoms in total. The van der Waals surface area contributed by atoms with E-state index in [1.54, 1.807) is 0 Å². The molecule has 0 saturated heterocycles. The van der Waals surface area contributed by atoms with Gasteiger partial charge in [-0.1, -0.05) is 42.5 Å². The Labute approximate surface area is 104 Å². The molecule has 17 heavy (non-hydrogen) atoms. The van der Waals surface area contributed by atoms with Gasteiger partial charge < -0.3 is 0 Å². The average Bonchev–Trinajstić information content (AvgIpc) is 2.79. The molecule has 2 rings (SSSR count). The van der Waals surface area contributed by atoms with E-state index in [1.165, 1.54) is 16.7 Å². The van der Waals surface area contributed by atoms with Crippen molar-refractivity contribution in [1.29, 1.82) is 0 Å². The Hall–Kier alpha value is -1.63. The lowest BCUT2D eigenvalue weighted by Crippen LogP contribution is -2.10. The van der Waals surface area contributed by atoms with Gasteiger partial charge in [0, 0.05) is 6.21 Å². The lowest BCUT2D eigenvalue weighted by molar-refractivity contribution is 0.586. The van der Waals surface area contributed by atoms with Gasteiger partial charge in [-0.3, -0.25) is 4.99 Å². The van der Waals surface area contributed by atoms with Crippen molar-refractivity contribution in [2.75, 3.05) is 0 Å². The minimum atomic E-state index is -0.0184. The van der Waals surface area contributed by atoms with E-state index >= 15 is 0 Å². The summed E-state index contributed by atoms with van der Waals surface area (Å²) in [5.74, 6) is 0. The van der Waals surface area contributed by atoms with Crippen molar-refractivity contribution in [2.24, 2.45) is 4.99 Å². The van der Waals surface area contributed by atoms with Crippen LogP contribution in [0.15, 0.2) is 47.5 Å². The second-order valence-electron chi connectivity index (χ2n) is 5.34. The first-order chi connectivity index (χ1) is 8.06. The number of rotatable bonds is 2. The Morgan fingerprint density at radius 3 is 2.59 bits per heavy atom. The minimum Gasteiger partial charge on any atom is -0.287 e. The lowest BCUT2D eigenvalue weighted by atomic mass is 9.99. The third kappa shape index (κ3) is 3.16. The van der Waals surface area contributed by atoms with E-state index in [9.17, 15) is 0 Å². The average molecular weight is 225 g/mol. The van der Waals surface area contributed by atoms with Gasteiger partial charge in [0.25, 0.3) is 0 Å². The predicted octanol–water partition coefficient (Wildman–Crippen LogP) is 4.25. The van der Waals surface area contributed by atoms with Crippen LogP contribution in [0.2, 0.25) is 0 Å². The molecule has 1 aliphatic carbocycles. The molecule has 88 valence electrons. The standard InChI is InChI=1S/C16H19N/c1-16(2,3)17-12-14-10-6-7-11-15(14)13-8-4-5-9-13/h4-8,10-12H,9H2,1-3H3. The van der Waals surface area contributed by atoms with Gasteiger partial charge in [0.05, 0.1) is 5.54 Å². The molecule has 1 aromatic rings. The van der Waals surface area contributed by atoms with Crippen LogP contribution in [0.1, 0.15) is 38.3 Å². The number of benzene rings is 1. The van der Waals surface area contributed by atoms with Gasteiger partial charge in [-0.25, -0.2) is 0 Å². The smallest absolute Gasteiger partial charge is 0.0524 e. The van der Waals surface area contributed by atoms with Gasteiger partial charge in [0.15, 0.2) is 0 Å². The van der Waals surface area contributed by atoms with Crippen molar-refractivity contribution in [1.82, 2.24) is 0 Å². The molecule has 0 fully saturated rings. The van der Waals surface area contributed by atoms with Gasteiger partial charge in [0.1, 0.15) is 0 Å². The maximum atomic E-state index is 4.59. The van der Waals surface area contributed by atoms with Crippen LogP contribution in [0.4, 0.5) is 0 Å². The molecule has 1 aromatic carbocycles. The van der Waals surface area contributed by atoms with Gasteiger partial charge in [-0.2, -0.15) is 0 Å². The second-order valence-corrected chi connectivity index (χ2v) is 5.34. The summed E-state index contributed by atoms with van der Waals surface area (Å²) < 4.78 is 0. The van der Waals surface area contributed by atoms with Crippen LogP contribution in [-0.2, 0) is 0 Å². The second kappa shape index (κ2) is 4.70. The van der Waals surface area contributed by atoms with E-state index in [0.717, 1.165) is 6.42 Å². The molecule has 0 spiro atoms. The molecule has 0 atom stereocenters. The summed E-state index contributed by atoms with van der Waals surface area (Å²) in [6, 6.07) is 8.45. The Kier molecular flexibility index (Phi) is 3.28. The first kappa shape index (κ1) is 11.8. The number of allylic oxidation sites excluding steroid dienone is 4. The van der Waals surface area contributed by atoms with Crippen LogP contribution < -0.4 is 0 Å². The maximum Gasteiger partial charge on any atom is 0.0524 e. The quantitative estimate of drug-likeness (QED) is 0.667. The monoisotopic (exact) mass is 225 g/mol. The van der Waals surface area contributed by atoms with Gasteiger partial charge in [-0.05, 0) is 43.9 Å². The van der Waals surface area contributed by atoms with Gasteiger partial charge in [-0.15, -0.1) is 0 Å². The Bertz CT molecular complexity index is 484. The first-order valence-corrected chi connectivity index (χ1v) is 6.06. The molecule has 0 heterocycles. The molecular formula is C16H19N. The highest BCUT2D eigenvalue weighted by Gasteiger charge is 2.09. The molecule has 0 amide bonds. The SMILES string of the molecule is CC(C)(C)N=Cc1ccccc1C1=CC=CC1. The summed E-state index contributed by atoms with van der Waals surface area (Å²) >= 11 is 0. The number of hydrogen-bond acceptors (Lipinski definition) is 1. The van der Waals surface area contributed by atoms with E-state index in [0.29, 0.717) is 0 Å². The lowest BCUT2D eigenvalue weighted by Gasteiger charge is -2.12. The summed E-state index contributed by atoms with van der Waals surface area (Å²) in [6.07, 6.45) is 9.51. The molecule has 0 aromatic heterocycles. The van der Waals surface area contributed by atoms with E-state index in [4.69, 9.17) is 0 Å². The largest absolute Gasteiger partial charge is 0.287 e. The number of hydrogen-bond donors (Lipinski definition) is 0. The van der Waals surface area contributed by atoms with Crippen LogP contribution in [0.3, 0.4) is 0 Å². The van der Waals surface area contributed by atoms with Crippen LogP contribution in [0, 0.1) is 0 Å². The van der Waals surface area contributed by atoms with E-state index in [-0.39, 0.29) is 5.54 Å². The summed E-state index contributed by atoms with van der Waals surface area (Å²) in [6.45, 7) is 6.34. The van der Waals surface area contributed by atoms with Crippen molar-refractivity contribution in [2.45, 2.75) is 32.7 Å². The highest BCUT2D eigenvalue weighted by atomic mass is 14.8. The molecule has 1 aliphatic rings. The third-order valence-corrected chi connectivity index (χ3v) is 2.67. The predicted molar refractivity (Wildman–Crippen MR) is 75.5 cm³/mol. The summed E-state index contributed by atoms with van der Waals surface area (Å²) in [4.78, 5) is 4.59. The maximum absolute atomic E-state index is 4.59. The molecule has 0 saturated carbocycles. The molecular weight excluding hydrogens is 206 g/mol. The van der Waals surface area contributed by atoms with Crippen molar-refractivity contribution in [3.63, 3.8) is 0 Å². The summed E-state index contributed by atoms with van der Waals surface area (Å²) in [5, 5.41) is 0. The molecule has 0 radical (unpaired) electrons. The minimum absolute atomic E-state index is 0.0184. The van der Waals surface area contributed by atoms with Crippen molar-refractivity contribution in [3.05, 3.63) is 53.6 Å². The Balaban J connectivity index is 2.32. The van der Waals surface area contributed by atoms with Crippen molar-refractivity contribution in [3.8, 4) is 0 Å². The highest BCUT2D eigenvalue weighted by Crippen LogP contribution is 2.25. The third-order valence-electron chi connectivity index (χ3n) is 2.67. The molecule has 0 bridgehead atoms. The molecule has 0 aliphatic heterocycles. The van der Waals surface area contributed by atoms with Gasteiger partial charge in [0.2, 0.25) is 0 Å². The Morgan fingerprint density at radius 1 is 1.18 bits per heavy atom. The molecule has 0 unspecified atom stereocenters. The van der Waals surface area contributed by atoms with Crippen LogP contribution in [0.25, 0.3) is 5.57 Å². The zero-order chi connectivity index (χ0) is 12.3. The first-order valence-electron chi connectivity index (χ1n) is 6.06. The van der Waals surface area contributed by atoms with Gasteiger partial charge >= 0.3 is 0 Å². The van der Waals surface area contributed by atoms with Crippen molar-refractivity contribution >= 4 is 11.8 Å². The molecule has 0 N–H and O–H groups in total. The summed E-state index contributed by atoms with van der Waals surface area (Å²) in [7, 11) is 0. The highest BCUT2D eigenvalue weighted by molar-refractivity contribution is 5.89. The number of aliphatic imine (C=N–C) groups is 1. The number of nitrogens with zero attached hydrogens (tertiary/aromatic N) is 1. The van der Waals surface area contributed by atoms with E-state index in [2.05, 4.69) is 68.3 Å². The fraction of sp³-hybridized carbons (Fsp3) is 0.312. The van der Waals surface area contributed by atoms with Crippen molar-refractivity contribution < 1.29 is 0 Å². The fourth-order valence-electron chi connectivity index (χ4n) is 1.81. The fourth-order valence-corrected chi connectivity index (χ4v) is 1.81. The zero-order valence-electron chi connectivity index (χ0n) is 10.8.